The van der Waals surface area contributed by atoms with E-state index in [1.807, 2.05) is 14.0 Å². The maximum Gasteiger partial charge on any atom is 0.248 e. The van der Waals surface area contributed by atoms with E-state index in [2.05, 4.69) is 5.32 Å². The van der Waals surface area contributed by atoms with Crippen LogP contribution in [0.4, 0.5) is 0 Å². The number of hydrogen-bond donors (Lipinski definition) is 1. The van der Waals surface area contributed by atoms with Gasteiger partial charge in [0, 0.05) is 26.2 Å². The van der Waals surface area contributed by atoms with Crippen molar-refractivity contribution >= 4 is 5.91 Å². The second-order valence-electron chi connectivity index (χ2n) is 4.47. The molecule has 0 aliphatic carbocycles. The molecule has 1 aliphatic rings. The number of nitrogens with one attached hydrogen (secondary N) is 1. The number of carbonyl (C=O) groups is 1. The monoisotopic (exact) mass is 228 g/mol. The van der Waals surface area contributed by atoms with Crippen molar-refractivity contribution in [3.8, 4) is 0 Å². The standard InChI is InChI=1S/C12H24N2O2/c1-3-8-16-10-12(15)14(2)9-11-6-4-5-7-13-11/h11,13H,3-10H2,1-2H3. The summed E-state index contributed by atoms with van der Waals surface area (Å²) in [6, 6.07) is 0.467. The van der Waals surface area contributed by atoms with Crippen LogP contribution >= 0.6 is 0 Å². The number of hydrogen-bond acceptors (Lipinski definition) is 3. The summed E-state index contributed by atoms with van der Waals surface area (Å²) in [5, 5.41) is 3.44. The molecule has 0 aromatic heterocycles. The van der Waals surface area contributed by atoms with E-state index in [0.717, 1.165) is 19.5 Å². The van der Waals surface area contributed by atoms with Crippen molar-refractivity contribution in [2.75, 3.05) is 33.4 Å². The van der Waals surface area contributed by atoms with E-state index in [4.69, 9.17) is 4.74 Å². The Labute approximate surface area is 98.3 Å². The number of rotatable bonds is 6. The third kappa shape index (κ3) is 4.94. The van der Waals surface area contributed by atoms with E-state index >= 15 is 0 Å². The molecular formula is C12H24N2O2. The molecule has 4 nitrogen and oxygen atoms in total. The molecule has 16 heavy (non-hydrogen) atoms. The second kappa shape index (κ2) is 7.63. The SMILES string of the molecule is CCCOCC(=O)N(C)CC1CCCCN1. The second-order valence-corrected chi connectivity index (χ2v) is 4.47. The van der Waals surface area contributed by atoms with Gasteiger partial charge in [-0.3, -0.25) is 4.79 Å². The van der Waals surface area contributed by atoms with Crippen LogP contribution in [0.15, 0.2) is 0 Å². The number of carbonyl (C=O) groups excluding carboxylic acids is 1. The first-order chi connectivity index (χ1) is 7.74. The fraction of sp³-hybridized carbons (Fsp3) is 0.917. The van der Waals surface area contributed by atoms with Crippen molar-refractivity contribution in [1.82, 2.24) is 10.2 Å². The predicted molar refractivity (Wildman–Crippen MR) is 64.4 cm³/mol. The molecule has 0 radical (unpaired) electrons. The summed E-state index contributed by atoms with van der Waals surface area (Å²) < 4.78 is 5.24. The van der Waals surface area contributed by atoms with E-state index in [0.29, 0.717) is 12.6 Å². The van der Waals surface area contributed by atoms with Crippen LogP contribution in [0.5, 0.6) is 0 Å². The Morgan fingerprint density at radius 1 is 1.50 bits per heavy atom. The Hall–Kier alpha value is -0.610. The maximum absolute atomic E-state index is 11.7. The van der Waals surface area contributed by atoms with Gasteiger partial charge in [0.25, 0.3) is 0 Å². The topological polar surface area (TPSA) is 41.6 Å². The minimum atomic E-state index is 0.0841. The van der Waals surface area contributed by atoms with Crippen LogP contribution in [-0.2, 0) is 9.53 Å². The lowest BCUT2D eigenvalue weighted by atomic mass is 10.0. The highest BCUT2D eigenvalue weighted by Crippen LogP contribution is 2.07. The van der Waals surface area contributed by atoms with Gasteiger partial charge < -0.3 is 15.0 Å². The Morgan fingerprint density at radius 3 is 2.94 bits per heavy atom. The smallest absolute Gasteiger partial charge is 0.248 e. The number of amides is 1. The minimum absolute atomic E-state index is 0.0841. The van der Waals surface area contributed by atoms with Crippen molar-refractivity contribution in [3.63, 3.8) is 0 Å². The van der Waals surface area contributed by atoms with Crippen LogP contribution < -0.4 is 5.32 Å². The Morgan fingerprint density at radius 2 is 2.31 bits per heavy atom. The zero-order chi connectivity index (χ0) is 11.8. The number of nitrogens with zero attached hydrogens (tertiary/aromatic N) is 1. The lowest BCUT2D eigenvalue weighted by Crippen LogP contribution is -2.45. The molecule has 1 unspecified atom stereocenters. The van der Waals surface area contributed by atoms with Crippen molar-refractivity contribution in [2.45, 2.75) is 38.6 Å². The normalized spacial score (nSPS) is 20.8. The minimum Gasteiger partial charge on any atom is -0.372 e. The number of ether oxygens (including phenoxy) is 1. The first-order valence-corrected chi connectivity index (χ1v) is 6.29. The highest BCUT2D eigenvalue weighted by molar-refractivity contribution is 5.77. The van der Waals surface area contributed by atoms with E-state index in [1.165, 1.54) is 19.3 Å². The largest absolute Gasteiger partial charge is 0.372 e. The first-order valence-electron chi connectivity index (χ1n) is 6.29. The van der Waals surface area contributed by atoms with Crippen molar-refractivity contribution < 1.29 is 9.53 Å². The van der Waals surface area contributed by atoms with E-state index in [-0.39, 0.29) is 12.5 Å². The van der Waals surface area contributed by atoms with Gasteiger partial charge in [-0.2, -0.15) is 0 Å². The molecule has 1 amide bonds. The number of piperidine rings is 1. The van der Waals surface area contributed by atoms with Crippen LogP contribution in [0.2, 0.25) is 0 Å². The molecule has 1 fully saturated rings. The van der Waals surface area contributed by atoms with Crippen molar-refractivity contribution in [2.24, 2.45) is 0 Å². The van der Waals surface area contributed by atoms with E-state index < -0.39 is 0 Å². The quantitative estimate of drug-likeness (QED) is 0.690. The predicted octanol–water partition coefficient (Wildman–Crippen LogP) is 1.01. The van der Waals surface area contributed by atoms with Gasteiger partial charge in [-0.05, 0) is 25.8 Å². The Balaban J connectivity index is 2.16. The van der Waals surface area contributed by atoms with Crippen LogP contribution in [-0.4, -0.2) is 50.2 Å². The summed E-state index contributed by atoms with van der Waals surface area (Å²) >= 11 is 0. The van der Waals surface area contributed by atoms with E-state index in [9.17, 15) is 4.79 Å². The van der Waals surface area contributed by atoms with Gasteiger partial charge in [0.2, 0.25) is 5.91 Å². The molecule has 0 aromatic carbocycles. The lowest BCUT2D eigenvalue weighted by Gasteiger charge is -2.28. The molecule has 1 heterocycles. The summed E-state index contributed by atoms with van der Waals surface area (Å²) in [5.74, 6) is 0.0841. The zero-order valence-electron chi connectivity index (χ0n) is 10.5. The van der Waals surface area contributed by atoms with Crippen LogP contribution in [0.25, 0.3) is 0 Å². The summed E-state index contributed by atoms with van der Waals surface area (Å²) in [6.07, 6.45) is 4.66. The summed E-state index contributed by atoms with van der Waals surface area (Å²) in [5.41, 5.74) is 0. The van der Waals surface area contributed by atoms with Gasteiger partial charge in [-0.15, -0.1) is 0 Å². The Bertz CT molecular complexity index is 203. The zero-order valence-corrected chi connectivity index (χ0v) is 10.5. The van der Waals surface area contributed by atoms with Gasteiger partial charge in [0.1, 0.15) is 6.61 Å². The van der Waals surface area contributed by atoms with Crippen LogP contribution in [0.1, 0.15) is 32.6 Å². The molecule has 0 spiro atoms. The first kappa shape index (κ1) is 13.5. The third-order valence-electron chi connectivity index (χ3n) is 2.91. The van der Waals surface area contributed by atoms with Gasteiger partial charge in [-0.1, -0.05) is 13.3 Å². The molecule has 94 valence electrons. The van der Waals surface area contributed by atoms with Crippen molar-refractivity contribution in [1.29, 1.82) is 0 Å². The van der Waals surface area contributed by atoms with Crippen molar-refractivity contribution in [3.05, 3.63) is 0 Å². The summed E-state index contributed by atoms with van der Waals surface area (Å²) in [7, 11) is 1.86. The van der Waals surface area contributed by atoms with Gasteiger partial charge in [0.15, 0.2) is 0 Å². The highest BCUT2D eigenvalue weighted by atomic mass is 16.5. The van der Waals surface area contributed by atoms with E-state index in [1.54, 1.807) is 4.90 Å². The van der Waals surface area contributed by atoms with Crippen LogP contribution in [0, 0.1) is 0 Å². The number of likely N-dealkylation sites (N-methyl/N-ethyl adjacent to an activating group) is 1. The molecule has 4 heteroatoms. The van der Waals surface area contributed by atoms with Gasteiger partial charge >= 0.3 is 0 Å². The Kier molecular flexibility index (Phi) is 6.42. The molecule has 1 aliphatic heterocycles. The fourth-order valence-electron chi connectivity index (χ4n) is 1.93. The lowest BCUT2D eigenvalue weighted by molar-refractivity contribution is -0.135. The summed E-state index contributed by atoms with van der Waals surface area (Å²) in [4.78, 5) is 13.4. The third-order valence-corrected chi connectivity index (χ3v) is 2.91. The van der Waals surface area contributed by atoms with Gasteiger partial charge in [-0.25, -0.2) is 0 Å². The molecule has 0 saturated carbocycles. The van der Waals surface area contributed by atoms with Gasteiger partial charge in [0.05, 0.1) is 0 Å². The molecule has 1 rings (SSSR count). The average Bonchev–Trinajstić information content (AvgIpc) is 2.30. The molecule has 1 N–H and O–H groups in total. The fourth-order valence-corrected chi connectivity index (χ4v) is 1.93. The molecule has 1 saturated heterocycles. The average molecular weight is 228 g/mol. The summed E-state index contributed by atoms with van der Waals surface area (Å²) in [6.45, 7) is 4.81. The highest BCUT2D eigenvalue weighted by Gasteiger charge is 2.17. The molecule has 1 atom stereocenters. The van der Waals surface area contributed by atoms with Crippen LogP contribution in [0.3, 0.4) is 0 Å². The maximum atomic E-state index is 11.7. The molecule has 0 aromatic rings. The molecule has 0 bridgehead atoms. The molecular weight excluding hydrogens is 204 g/mol.